The van der Waals surface area contributed by atoms with E-state index in [-0.39, 0.29) is 12.2 Å². The lowest BCUT2D eigenvalue weighted by atomic mass is 10.2. The van der Waals surface area contributed by atoms with Crippen LogP contribution >= 0.6 is 0 Å². The summed E-state index contributed by atoms with van der Waals surface area (Å²) in [5.41, 5.74) is -1.03. The molecule has 0 aliphatic carbocycles. The average Bonchev–Trinajstić information content (AvgIpc) is 2.61. The normalized spacial score (nSPS) is 11.8. The Kier molecular flexibility index (Phi) is 4.09. The van der Waals surface area contributed by atoms with Crippen LogP contribution in [-0.4, -0.2) is 16.1 Å². The van der Waals surface area contributed by atoms with Crippen LogP contribution in [0.4, 0.5) is 13.2 Å². The summed E-state index contributed by atoms with van der Waals surface area (Å²) in [7, 11) is 0. The monoisotopic (exact) mass is 234 g/mol. The van der Waals surface area contributed by atoms with E-state index < -0.39 is 11.9 Å². The van der Waals surface area contributed by atoms with Crippen LogP contribution in [0.15, 0.2) is 6.07 Å². The zero-order valence-electron chi connectivity index (χ0n) is 8.92. The van der Waals surface area contributed by atoms with Gasteiger partial charge in [-0.1, -0.05) is 19.8 Å². The molecule has 0 aliphatic rings. The first kappa shape index (κ1) is 12.7. The van der Waals surface area contributed by atoms with Gasteiger partial charge in [0, 0.05) is 6.54 Å². The van der Waals surface area contributed by atoms with E-state index in [1.807, 2.05) is 6.92 Å². The van der Waals surface area contributed by atoms with E-state index in [1.54, 1.807) is 0 Å². The van der Waals surface area contributed by atoms with Gasteiger partial charge >= 0.3 is 6.18 Å². The summed E-state index contributed by atoms with van der Waals surface area (Å²) in [6.07, 6.45) is -1.75. The third kappa shape index (κ3) is 3.08. The number of carbonyl (C=O) groups is 1. The molecular weight excluding hydrogens is 221 g/mol. The Hall–Kier alpha value is -1.33. The van der Waals surface area contributed by atoms with Gasteiger partial charge in [-0.25, -0.2) is 0 Å². The summed E-state index contributed by atoms with van der Waals surface area (Å²) in [6.45, 7) is 2.15. The first-order valence-electron chi connectivity index (χ1n) is 5.09. The van der Waals surface area contributed by atoms with Gasteiger partial charge in [0.05, 0.1) is 0 Å². The van der Waals surface area contributed by atoms with Gasteiger partial charge in [0.15, 0.2) is 6.29 Å². The molecule has 16 heavy (non-hydrogen) atoms. The summed E-state index contributed by atoms with van der Waals surface area (Å²) < 4.78 is 38.5. The first-order chi connectivity index (χ1) is 7.49. The molecule has 1 aromatic heterocycles. The maximum Gasteiger partial charge on any atom is 0.433 e. The molecule has 6 heteroatoms. The molecule has 3 nitrogen and oxygen atoms in total. The molecule has 90 valence electrons. The van der Waals surface area contributed by atoms with Crippen molar-refractivity contribution in [2.45, 2.75) is 38.9 Å². The minimum Gasteiger partial charge on any atom is -0.296 e. The number of hydrogen-bond acceptors (Lipinski definition) is 2. The number of rotatable bonds is 5. The molecule has 0 bridgehead atoms. The zero-order chi connectivity index (χ0) is 12.2. The second-order valence-corrected chi connectivity index (χ2v) is 3.50. The highest BCUT2D eigenvalue weighted by Gasteiger charge is 2.35. The fraction of sp³-hybridized carbons (Fsp3) is 0.600. The molecule has 0 saturated carbocycles. The second-order valence-electron chi connectivity index (χ2n) is 3.50. The maximum absolute atomic E-state index is 12.5. The van der Waals surface area contributed by atoms with Crippen molar-refractivity contribution in [3.05, 3.63) is 17.5 Å². The lowest BCUT2D eigenvalue weighted by Crippen LogP contribution is -2.14. The highest BCUT2D eigenvalue weighted by atomic mass is 19.4. The Labute approximate surface area is 91.3 Å². The third-order valence-electron chi connectivity index (χ3n) is 2.18. The molecule has 1 heterocycles. The van der Waals surface area contributed by atoms with Gasteiger partial charge in [-0.05, 0) is 12.5 Å². The minimum absolute atomic E-state index is 0.177. The molecule has 0 N–H and O–H groups in total. The largest absolute Gasteiger partial charge is 0.433 e. The molecule has 0 radical (unpaired) electrons. The quantitative estimate of drug-likeness (QED) is 0.580. The standard InChI is InChI=1S/C10H13F3N2O/c1-2-3-4-5-15-9(10(11,12)13)6-8(7-16)14-15/h6-7H,2-5H2,1H3. The molecule has 0 aliphatic heterocycles. The molecule has 0 fully saturated rings. The maximum atomic E-state index is 12.5. The SMILES string of the molecule is CCCCCn1nc(C=O)cc1C(F)(F)F. The predicted molar refractivity (Wildman–Crippen MR) is 52.1 cm³/mol. The van der Waals surface area contributed by atoms with E-state index in [1.165, 1.54) is 0 Å². The van der Waals surface area contributed by atoms with Crippen LogP contribution in [0.5, 0.6) is 0 Å². The number of aldehydes is 1. The molecular formula is C10H13F3N2O. The minimum atomic E-state index is -4.46. The van der Waals surface area contributed by atoms with Crippen molar-refractivity contribution < 1.29 is 18.0 Å². The lowest BCUT2D eigenvalue weighted by Gasteiger charge is -2.09. The van der Waals surface area contributed by atoms with Crippen LogP contribution in [0.1, 0.15) is 42.4 Å². The lowest BCUT2D eigenvalue weighted by molar-refractivity contribution is -0.144. The highest BCUT2D eigenvalue weighted by Crippen LogP contribution is 2.29. The summed E-state index contributed by atoms with van der Waals surface area (Å²) in [5, 5.41) is 3.60. The smallest absolute Gasteiger partial charge is 0.296 e. The van der Waals surface area contributed by atoms with Gasteiger partial charge in [-0.3, -0.25) is 9.48 Å². The Morgan fingerprint density at radius 2 is 2.12 bits per heavy atom. The topological polar surface area (TPSA) is 34.9 Å². The number of alkyl halides is 3. The van der Waals surface area contributed by atoms with Crippen molar-refractivity contribution in [1.29, 1.82) is 0 Å². The Balaban J connectivity index is 2.88. The summed E-state index contributed by atoms with van der Waals surface area (Å²) in [4.78, 5) is 10.4. The number of unbranched alkanes of at least 4 members (excludes halogenated alkanes) is 2. The number of aromatic nitrogens is 2. The van der Waals surface area contributed by atoms with E-state index in [0.29, 0.717) is 12.7 Å². The summed E-state index contributed by atoms with van der Waals surface area (Å²) >= 11 is 0. The number of hydrogen-bond donors (Lipinski definition) is 0. The Bertz CT molecular complexity index is 357. The molecule has 0 spiro atoms. The zero-order valence-corrected chi connectivity index (χ0v) is 8.92. The summed E-state index contributed by atoms with van der Waals surface area (Å²) in [5.74, 6) is 0. The van der Waals surface area contributed by atoms with Gasteiger partial charge in [0.25, 0.3) is 0 Å². The number of aryl methyl sites for hydroxylation is 1. The Morgan fingerprint density at radius 3 is 2.62 bits per heavy atom. The van der Waals surface area contributed by atoms with E-state index in [0.717, 1.165) is 23.6 Å². The number of nitrogens with zero attached hydrogens (tertiary/aromatic N) is 2. The van der Waals surface area contributed by atoms with Gasteiger partial charge in [-0.15, -0.1) is 0 Å². The fourth-order valence-electron chi connectivity index (χ4n) is 1.40. The van der Waals surface area contributed by atoms with Gasteiger partial charge in [0.2, 0.25) is 0 Å². The van der Waals surface area contributed by atoms with Gasteiger partial charge < -0.3 is 0 Å². The molecule has 0 atom stereocenters. The third-order valence-corrected chi connectivity index (χ3v) is 2.18. The molecule has 0 amide bonds. The van der Waals surface area contributed by atoms with Gasteiger partial charge in [-0.2, -0.15) is 18.3 Å². The van der Waals surface area contributed by atoms with Gasteiger partial charge in [0.1, 0.15) is 11.4 Å². The van der Waals surface area contributed by atoms with E-state index in [9.17, 15) is 18.0 Å². The molecule has 1 rings (SSSR count). The van der Waals surface area contributed by atoms with Crippen molar-refractivity contribution in [2.24, 2.45) is 0 Å². The van der Waals surface area contributed by atoms with Crippen LogP contribution in [0.25, 0.3) is 0 Å². The fourth-order valence-corrected chi connectivity index (χ4v) is 1.40. The van der Waals surface area contributed by atoms with Crippen molar-refractivity contribution in [1.82, 2.24) is 9.78 Å². The Morgan fingerprint density at radius 1 is 1.44 bits per heavy atom. The second kappa shape index (κ2) is 5.14. The van der Waals surface area contributed by atoms with Crippen molar-refractivity contribution in [2.75, 3.05) is 0 Å². The highest BCUT2D eigenvalue weighted by molar-refractivity contribution is 5.71. The molecule has 0 saturated heterocycles. The predicted octanol–water partition coefficient (Wildman–Crippen LogP) is 2.90. The number of carbonyl (C=O) groups excluding carboxylic acids is 1. The van der Waals surface area contributed by atoms with Crippen LogP contribution in [0.2, 0.25) is 0 Å². The molecule has 1 aromatic rings. The van der Waals surface area contributed by atoms with Crippen LogP contribution in [-0.2, 0) is 12.7 Å². The molecule has 0 aromatic carbocycles. The summed E-state index contributed by atoms with van der Waals surface area (Å²) in [6, 6.07) is 0.777. The van der Waals surface area contributed by atoms with E-state index >= 15 is 0 Å². The van der Waals surface area contributed by atoms with Crippen LogP contribution in [0.3, 0.4) is 0 Å². The van der Waals surface area contributed by atoms with Crippen molar-refractivity contribution >= 4 is 6.29 Å². The van der Waals surface area contributed by atoms with Crippen molar-refractivity contribution in [3.63, 3.8) is 0 Å². The van der Waals surface area contributed by atoms with E-state index in [4.69, 9.17) is 0 Å². The molecule has 0 unspecified atom stereocenters. The first-order valence-corrected chi connectivity index (χ1v) is 5.09. The number of halogens is 3. The van der Waals surface area contributed by atoms with E-state index in [2.05, 4.69) is 5.10 Å². The van der Waals surface area contributed by atoms with Crippen LogP contribution < -0.4 is 0 Å². The van der Waals surface area contributed by atoms with Crippen LogP contribution in [0, 0.1) is 0 Å². The average molecular weight is 234 g/mol. The van der Waals surface area contributed by atoms with Crippen molar-refractivity contribution in [3.8, 4) is 0 Å².